The summed E-state index contributed by atoms with van der Waals surface area (Å²) >= 11 is 13.8. The van der Waals surface area contributed by atoms with E-state index in [1.807, 2.05) is 0 Å². The lowest BCUT2D eigenvalue weighted by molar-refractivity contribution is 1.12. The molecule has 0 aliphatic rings. The maximum Gasteiger partial charge on any atom is 0.276 e. The highest BCUT2D eigenvalue weighted by Gasteiger charge is 2.11. The molecule has 0 N–H and O–H groups in total. The monoisotopic (exact) mass is 131 g/mol. The summed E-state index contributed by atoms with van der Waals surface area (Å²) in [4.78, 5) is 0. The van der Waals surface area contributed by atoms with Gasteiger partial charge in [-0.1, -0.05) is 40.5 Å². The van der Waals surface area contributed by atoms with Gasteiger partial charge in [-0.05, 0) is 0 Å². The molecule has 0 aromatic rings. The molecule has 0 bridgehead atoms. The van der Waals surface area contributed by atoms with Crippen molar-refractivity contribution < 1.29 is 0 Å². The Balaban J connectivity index is 3.02. The van der Waals surface area contributed by atoms with Crippen molar-refractivity contribution in [1.82, 2.24) is 5.73 Å². The van der Waals surface area contributed by atoms with Crippen LogP contribution in [-0.4, -0.2) is 3.92 Å². The number of hydrogen-bond donors (Lipinski definition) is 0. The Bertz CT molecular complexity index is 22.4. The Hall–Kier alpha value is 0.830. The lowest BCUT2D eigenvalue weighted by atomic mass is 11.5. The number of nitrogens with zero attached hydrogens (tertiary/aromatic N) is 1. The van der Waals surface area contributed by atoms with Gasteiger partial charge in [-0.2, -0.15) is 0 Å². The van der Waals surface area contributed by atoms with Gasteiger partial charge in [0.1, 0.15) is 0 Å². The van der Waals surface area contributed by atoms with Gasteiger partial charge in [0.15, 0.2) is 0 Å². The summed E-state index contributed by atoms with van der Waals surface area (Å²) in [6.07, 6.45) is 0. The van der Waals surface area contributed by atoms with E-state index in [1.54, 1.807) is 0 Å². The van der Waals surface area contributed by atoms with Crippen LogP contribution in [0.5, 0.6) is 0 Å². The number of alkyl halides is 3. The van der Waals surface area contributed by atoms with Crippen molar-refractivity contribution in [2.24, 2.45) is 0 Å². The molecule has 0 atom stereocenters. The predicted octanol–water partition coefficient (Wildman–Crippen LogP) is 1.38. The first kappa shape index (κ1) is 5.83. The fraction of sp³-hybridized carbons (Fsp3) is 1.00. The van der Waals surface area contributed by atoms with Gasteiger partial charge < -0.3 is 0 Å². The minimum atomic E-state index is -2.08. The van der Waals surface area contributed by atoms with Gasteiger partial charge in [0.25, 0.3) is 3.92 Å². The minimum Gasteiger partial charge on any atom is -0.0849 e. The summed E-state index contributed by atoms with van der Waals surface area (Å²) < 4.78 is -2.08. The van der Waals surface area contributed by atoms with Crippen molar-refractivity contribution in [3.8, 4) is 0 Å². The second-order valence-corrected chi connectivity index (χ2v) is 2.69. The molecule has 5 heavy (non-hydrogen) atoms. The van der Waals surface area contributed by atoms with Crippen LogP contribution in [-0.2, 0) is 0 Å². The second kappa shape index (κ2) is 1.52. The van der Waals surface area contributed by atoms with Gasteiger partial charge in [-0.25, -0.2) is 0 Å². The molecule has 0 heterocycles. The van der Waals surface area contributed by atoms with Crippen molar-refractivity contribution in [3.63, 3.8) is 0 Å². The fourth-order valence-electron chi connectivity index (χ4n) is 0. The number of halogens is 3. The summed E-state index contributed by atoms with van der Waals surface area (Å²) in [6, 6.07) is 0. The molecule has 1 nitrogen and oxygen atoms in total. The van der Waals surface area contributed by atoms with E-state index in [1.165, 1.54) is 0 Å². The molecule has 0 aromatic heterocycles. The van der Waals surface area contributed by atoms with Crippen LogP contribution in [0.25, 0.3) is 0 Å². The van der Waals surface area contributed by atoms with Crippen molar-refractivity contribution in [3.05, 3.63) is 0 Å². The van der Waals surface area contributed by atoms with Gasteiger partial charge in [-0.15, -0.1) is 0 Å². The van der Waals surface area contributed by atoms with Crippen molar-refractivity contribution in [2.75, 3.05) is 0 Å². The molecule has 0 aliphatic heterocycles. The quantitative estimate of drug-likeness (QED) is 0.351. The molecule has 30 valence electrons. The second-order valence-electron chi connectivity index (χ2n) is 0.468. The Kier molecular flexibility index (Phi) is 1.77. The van der Waals surface area contributed by atoms with Gasteiger partial charge in [0.05, 0.1) is 0 Å². The van der Waals surface area contributed by atoms with Gasteiger partial charge in [0.2, 0.25) is 0 Å². The fourth-order valence-corrected chi connectivity index (χ4v) is 0. The Morgan fingerprint density at radius 2 is 1.20 bits per heavy atom. The first-order valence-electron chi connectivity index (χ1n) is 0.791. The average Bonchev–Trinajstić information content (AvgIpc) is 0.722. The smallest absolute Gasteiger partial charge is 0.0849 e. The molecule has 0 aliphatic carbocycles. The van der Waals surface area contributed by atoms with E-state index in [0.29, 0.717) is 0 Å². The van der Waals surface area contributed by atoms with Gasteiger partial charge in [0, 0.05) is 0 Å². The zero-order valence-electron chi connectivity index (χ0n) is 2.08. The summed E-state index contributed by atoms with van der Waals surface area (Å²) in [5.41, 5.74) is 7.82. The third kappa shape index (κ3) is 56.2. The van der Waals surface area contributed by atoms with E-state index in [4.69, 9.17) is 5.73 Å². The molecule has 0 aromatic carbocycles. The van der Waals surface area contributed by atoms with Crippen LogP contribution < -0.4 is 5.73 Å². The molecule has 0 fully saturated rings. The van der Waals surface area contributed by atoms with Crippen LogP contribution in [0, 0.1) is 0 Å². The van der Waals surface area contributed by atoms with E-state index >= 15 is 0 Å². The van der Waals surface area contributed by atoms with Crippen LogP contribution in [0.3, 0.4) is 0 Å². The first-order valence-corrected chi connectivity index (χ1v) is 1.92. The molecule has 0 rings (SSSR count). The third-order valence-corrected chi connectivity index (χ3v) is 0. The number of hydrogen-bond acceptors (Lipinski definition) is 0. The third-order valence-electron chi connectivity index (χ3n) is 0. The lowest BCUT2D eigenvalue weighted by Crippen LogP contribution is -1.99. The molecule has 0 unspecified atom stereocenters. The van der Waals surface area contributed by atoms with Crippen LogP contribution in [0.4, 0.5) is 0 Å². The maximum atomic E-state index is 7.82. The molecule has 0 amide bonds. The summed E-state index contributed by atoms with van der Waals surface area (Å²) in [7, 11) is 0. The summed E-state index contributed by atoms with van der Waals surface area (Å²) in [6.45, 7) is 0. The van der Waals surface area contributed by atoms with Gasteiger partial charge in [-0.3, -0.25) is 0 Å². The Labute approximate surface area is 45.0 Å². The molecule has 0 saturated carbocycles. The normalized spacial score (nSPS) is 12.0. The standard InChI is InChI=1S/CCl3N/c2-1(3,4)5. The maximum absolute atomic E-state index is 7.82. The van der Waals surface area contributed by atoms with Crippen LogP contribution in [0.15, 0.2) is 0 Å². The Morgan fingerprint density at radius 1 is 1.20 bits per heavy atom. The minimum absolute atomic E-state index is 2.08. The van der Waals surface area contributed by atoms with E-state index in [2.05, 4.69) is 34.8 Å². The van der Waals surface area contributed by atoms with E-state index in [9.17, 15) is 0 Å². The molecule has 4 heteroatoms. The Morgan fingerprint density at radius 3 is 1.20 bits per heavy atom. The van der Waals surface area contributed by atoms with E-state index < -0.39 is 3.92 Å². The molecule has 0 saturated heterocycles. The highest BCUT2D eigenvalue weighted by atomic mass is 35.6. The van der Waals surface area contributed by atoms with Crippen LogP contribution in [0.2, 0.25) is 0 Å². The zero-order chi connectivity index (χ0) is 4.50. The van der Waals surface area contributed by atoms with E-state index in [-0.39, 0.29) is 0 Å². The van der Waals surface area contributed by atoms with Crippen molar-refractivity contribution in [2.45, 2.75) is 3.92 Å². The highest BCUT2D eigenvalue weighted by molar-refractivity contribution is 6.66. The SMILES string of the molecule is [N]C(Cl)(Cl)Cl. The topological polar surface area (TPSA) is 22.3 Å². The molecular weight excluding hydrogens is 132 g/mol. The number of rotatable bonds is 0. The van der Waals surface area contributed by atoms with E-state index in [0.717, 1.165) is 0 Å². The predicted molar refractivity (Wildman–Crippen MR) is 22.4 cm³/mol. The summed E-state index contributed by atoms with van der Waals surface area (Å²) in [5.74, 6) is 0. The lowest BCUT2D eigenvalue weighted by Gasteiger charge is -1.90. The molecular formula is CCl3N. The molecule has 0 spiro atoms. The first-order chi connectivity index (χ1) is 2.00. The van der Waals surface area contributed by atoms with Gasteiger partial charge >= 0.3 is 0 Å². The van der Waals surface area contributed by atoms with Crippen molar-refractivity contribution in [1.29, 1.82) is 0 Å². The van der Waals surface area contributed by atoms with Crippen LogP contribution >= 0.6 is 34.8 Å². The largest absolute Gasteiger partial charge is 0.276 e. The molecule has 2 radical (unpaired) electrons. The van der Waals surface area contributed by atoms with Crippen molar-refractivity contribution >= 4 is 34.8 Å². The highest BCUT2D eigenvalue weighted by Crippen LogP contribution is 2.18. The average molecular weight is 132 g/mol. The summed E-state index contributed by atoms with van der Waals surface area (Å²) in [5, 5.41) is 0. The van der Waals surface area contributed by atoms with Crippen LogP contribution in [0.1, 0.15) is 0 Å². The zero-order valence-corrected chi connectivity index (χ0v) is 4.35.